The van der Waals surface area contributed by atoms with E-state index in [0.717, 1.165) is 6.04 Å². The summed E-state index contributed by atoms with van der Waals surface area (Å²) in [6.07, 6.45) is 11.3. The van der Waals surface area contributed by atoms with Crippen LogP contribution in [0.1, 0.15) is 43.7 Å². The first kappa shape index (κ1) is 8.82. The van der Waals surface area contributed by atoms with Gasteiger partial charge < -0.3 is 10.3 Å². The van der Waals surface area contributed by atoms with E-state index in [1.807, 2.05) is 0 Å². The molecule has 0 saturated heterocycles. The van der Waals surface area contributed by atoms with Crippen molar-refractivity contribution in [3.05, 3.63) is 24.0 Å². The zero-order valence-electron chi connectivity index (χ0n) is 8.08. The van der Waals surface area contributed by atoms with Crippen molar-refractivity contribution < 1.29 is 0 Å². The van der Waals surface area contributed by atoms with Crippen LogP contribution in [0.5, 0.6) is 0 Å². The molecule has 1 aliphatic rings. The van der Waals surface area contributed by atoms with Gasteiger partial charge in [-0.2, -0.15) is 0 Å². The van der Waals surface area contributed by atoms with E-state index >= 15 is 0 Å². The van der Waals surface area contributed by atoms with Gasteiger partial charge in [0.2, 0.25) is 0 Å². The highest BCUT2D eigenvalue weighted by Crippen LogP contribution is 2.28. The van der Waals surface area contributed by atoms with Gasteiger partial charge in [-0.05, 0) is 24.5 Å². The Hall–Kier alpha value is -0.760. The number of hydrogen-bond donors (Lipinski definition) is 1. The summed E-state index contributed by atoms with van der Waals surface area (Å²) in [6.45, 7) is 0.666. The number of nitrogens with two attached hydrogens (primary N) is 1. The summed E-state index contributed by atoms with van der Waals surface area (Å²) in [7, 11) is 0. The molecule has 1 fully saturated rings. The quantitative estimate of drug-likeness (QED) is 0.741. The summed E-state index contributed by atoms with van der Waals surface area (Å²) < 4.78 is 2.35. The monoisotopic (exact) mass is 178 g/mol. The summed E-state index contributed by atoms with van der Waals surface area (Å²) in [5.74, 6) is 0. The molecular formula is C11H18N2. The molecule has 1 aromatic heterocycles. The maximum absolute atomic E-state index is 5.58. The molecule has 0 bridgehead atoms. The Labute approximate surface area is 79.7 Å². The number of aromatic nitrogens is 1. The van der Waals surface area contributed by atoms with Gasteiger partial charge >= 0.3 is 0 Å². The lowest BCUT2D eigenvalue weighted by molar-refractivity contribution is 0.354. The molecule has 2 rings (SSSR count). The van der Waals surface area contributed by atoms with Gasteiger partial charge in [0.15, 0.2) is 0 Å². The molecule has 0 unspecified atom stereocenters. The Kier molecular flexibility index (Phi) is 2.69. The van der Waals surface area contributed by atoms with Crippen LogP contribution in [0.4, 0.5) is 0 Å². The molecule has 0 radical (unpaired) electrons. The van der Waals surface area contributed by atoms with Crippen LogP contribution in [0, 0.1) is 0 Å². The van der Waals surface area contributed by atoms with Crippen LogP contribution in [-0.2, 0) is 6.54 Å². The molecule has 0 atom stereocenters. The minimum absolute atomic E-state index is 0.666. The first-order chi connectivity index (χ1) is 6.40. The summed E-state index contributed by atoms with van der Waals surface area (Å²) in [5.41, 5.74) is 6.83. The van der Waals surface area contributed by atoms with Crippen molar-refractivity contribution in [3.63, 3.8) is 0 Å². The molecule has 72 valence electrons. The largest absolute Gasteiger partial charge is 0.351 e. The van der Waals surface area contributed by atoms with Gasteiger partial charge in [0, 0.05) is 25.0 Å². The third-order valence-electron chi connectivity index (χ3n) is 3.01. The van der Waals surface area contributed by atoms with Crippen molar-refractivity contribution in [1.29, 1.82) is 0 Å². The van der Waals surface area contributed by atoms with Crippen LogP contribution in [0.25, 0.3) is 0 Å². The Balaban J connectivity index is 2.05. The molecule has 13 heavy (non-hydrogen) atoms. The molecule has 1 saturated carbocycles. The molecule has 0 spiro atoms. The van der Waals surface area contributed by atoms with Crippen molar-refractivity contribution >= 4 is 0 Å². The van der Waals surface area contributed by atoms with Crippen molar-refractivity contribution in [1.82, 2.24) is 4.57 Å². The third kappa shape index (κ3) is 1.94. The lowest BCUT2D eigenvalue weighted by Crippen LogP contribution is -2.10. The van der Waals surface area contributed by atoms with Crippen LogP contribution < -0.4 is 5.73 Å². The topological polar surface area (TPSA) is 30.9 Å². The second-order valence-corrected chi connectivity index (χ2v) is 3.96. The number of hydrogen-bond acceptors (Lipinski definition) is 1. The van der Waals surface area contributed by atoms with E-state index < -0.39 is 0 Å². The van der Waals surface area contributed by atoms with Crippen LogP contribution >= 0.6 is 0 Å². The normalized spacial score (nSPS) is 19.2. The maximum Gasteiger partial charge on any atom is 0.0330 e. The van der Waals surface area contributed by atoms with E-state index in [9.17, 15) is 0 Å². The van der Waals surface area contributed by atoms with Gasteiger partial charge in [-0.3, -0.25) is 0 Å². The maximum atomic E-state index is 5.58. The molecule has 2 N–H and O–H groups in total. The van der Waals surface area contributed by atoms with E-state index in [4.69, 9.17) is 5.73 Å². The summed E-state index contributed by atoms with van der Waals surface area (Å²) in [5, 5.41) is 0. The lowest BCUT2D eigenvalue weighted by atomic mass is 9.95. The van der Waals surface area contributed by atoms with Crippen molar-refractivity contribution in [3.8, 4) is 0 Å². The summed E-state index contributed by atoms with van der Waals surface area (Å²) >= 11 is 0. The van der Waals surface area contributed by atoms with E-state index in [1.165, 1.54) is 37.7 Å². The molecule has 0 aromatic carbocycles. The first-order valence-corrected chi connectivity index (χ1v) is 5.26. The third-order valence-corrected chi connectivity index (χ3v) is 3.01. The first-order valence-electron chi connectivity index (χ1n) is 5.26. The number of nitrogens with zero attached hydrogens (tertiary/aromatic N) is 1. The highest BCUT2D eigenvalue weighted by molar-refractivity contribution is 5.10. The Morgan fingerprint density at radius 3 is 2.69 bits per heavy atom. The molecule has 0 amide bonds. The average molecular weight is 178 g/mol. The lowest BCUT2D eigenvalue weighted by Gasteiger charge is -2.23. The van der Waals surface area contributed by atoms with Crippen molar-refractivity contribution in [2.45, 2.75) is 44.7 Å². The standard InChI is InChI=1S/C11H18N2/c12-8-10-6-7-13(9-10)11-4-2-1-3-5-11/h6-7,9,11H,1-5,8,12H2. The highest BCUT2D eigenvalue weighted by Gasteiger charge is 2.14. The summed E-state index contributed by atoms with van der Waals surface area (Å²) in [6, 6.07) is 2.88. The van der Waals surface area contributed by atoms with Gasteiger partial charge in [-0.25, -0.2) is 0 Å². The molecule has 1 aliphatic carbocycles. The fourth-order valence-corrected chi connectivity index (χ4v) is 2.19. The second kappa shape index (κ2) is 3.97. The molecular weight excluding hydrogens is 160 g/mol. The second-order valence-electron chi connectivity index (χ2n) is 3.96. The fraction of sp³-hybridized carbons (Fsp3) is 0.636. The minimum atomic E-state index is 0.666. The van der Waals surface area contributed by atoms with Gasteiger partial charge in [0.1, 0.15) is 0 Å². The van der Waals surface area contributed by atoms with Crippen LogP contribution in [0.15, 0.2) is 18.5 Å². The van der Waals surface area contributed by atoms with Gasteiger partial charge in [-0.1, -0.05) is 19.3 Å². The predicted molar refractivity (Wildman–Crippen MR) is 54.4 cm³/mol. The molecule has 1 aromatic rings. The van der Waals surface area contributed by atoms with E-state index in [1.54, 1.807) is 0 Å². The molecule has 2 nitrogen and oxygen atoms in total. The Morgan fingerprint density at radius 1 is 1.31 bits per heavy atom. The smallest absolute Gasteiger partial charge is 0.0330 e. The van der Waals surface area contributed by atoms with Crippen LogP contribution in [0.3, 0.4) is 0 Å². The minimum Gasteiger partial charge on any atom is -0.351 e. The van der Waals surface area contributed by atoms with E-state index in [2.05, 4.69) is 23.0 Å². The van der Waals surface area contributed by atoms with E-state index in [0.29, 0.717) is 6.54 Å². The van der Waals surface area contributed by atoms with E-state index in [-0.39, 0.29) is 0 Å². The molecule has 2 heteroatoms. The SMILES string of the molecule is NCc1ccn(C2CCCCC2)c1. The van der Waals surface area contributed by atoms with Gasteiger partial charge in [-0.15, -0.1) is 0 Å². The zero-order chi connectivity index (χ0) is 9.10. The molecule has 0 aliphatic heterocycles. The molecule has 1 heterocycles. The fourth-order valence-electron chi connectivity index (χ4n) is 2.19. The highest BCUT2D eigenvalue weighted by atomic mass is 15.0. The zero-order valence-corrected chi connectivity index (χ0v) is 8.08. The predicted octanol–water partition coefficient (Wildman–Crippen LogP) is 2.45. The van der Waals surface area contributed by atoms with Gasteiger partial charge in [0.25, 0.3) is 0 Å². The summed E-state index contributed by atoms with van der Waals surface area (Å²) in [4.78, 5) is 0. The van der Waals surface area contributed by atoms with Gasteiger partial charge in [0.05, 0.1) is 0 Å². The van der Waals surface area contributed by atoms with Crippen LogP contribution in [0.2, 0.25) is 0 Å². The Morgan fingerprint density at radius 2 is 2.08 bits per heavy atom. The average Bonchev–Trinajstić information content (AvgIpc) is 2.67. The Bertz CT molecular complexity index is 259. The van der Waals surface area contributed by atoms with Crippen LogP contribution in [-0.4, -0.2) is 4.57 Å². The van der Waals surface area contributed by atoms with Crippen molar-refractivity contribution in [2.24, 2.45) is 5.73 Å². The van der Waals surface area contributed by atoms with Crippen molar-refractivity contribution in [2.75, 3.05) is 0 Å². The number of rotatable bonds is 2.